The molecule has 0 spiro atoms. The van der Waals surface area contributed by atoms with Gasteiger partial charge in [0.15, 0.2) is 5.78 Å². The van der Waals surface area contributed by atoms with Crippen molar-refractivity contribution in [3.63, 3.8) is 0 Å². The molecule has 1 aromatic rings. The molecule has 0 unspecified atom stereocenters. The van der Waals surface area contributed by atoms with Gasteiger partial charge >= 0.3 is 0 Å². The molecule has 2 fully saturated rings. The molecule has 0 bridgehead atoms. The van der Waals surface area contributed by atoms with Crippen LogP contribution in [0.3, 0.4) is 0 Å². The van der Waals surface area contributed by atoms with Crippen LogP contribution >= 0.6 is 0 Å². The Morgan fingerprint density at radius 2 is 1.42 bits per heavy atom. The topological polar surface area (TPSA) is 63.5 Å². The normalized spacial score (nSPS) is 19.5. The van der Waals surface area contributed by atoms with Gasteiger partial charge in [-0.2, -0.15) is 0 Å². The molecule has 2 saturated carbocycles. The zero-order valence-corrected chi connectivity index (χ0v) is 15.3. The number of carbonyl (C=O) groups excluding carboxylic acids is 1. The first kappa shape index (κ1) is 18.6. The van der Waals surface area contributed by atoms with E-state index in [-0.39, 0.29) is 11.5 Å². The molecule has 0 aromatic heterocycles. The molecule has 2 aliphatic carbocycles. The van der Waals surface area contributed by atoms with Crippen molar-refractivity contribution in [3.8, 4) is 0 Å². The minimum atomic E-state index is -0.446. The number of non-ortho nitro benzene ring substituents is 1. The minimum Gasteiger partial charge on any atom is -0.371 e. The number of nitro groups is 1. The number of allylic oxidation sites excluding steroid dienone is 1. The molecular formula is C21H28N2O3. The molecule has 0 heterocycles. The molecule has 0 saturated heterocycles. The third kappa shape index (κ3) is 4.71. The van der Waals surface area contributed by atoms with Gasteiger partial charge in [-0.15, -0.1) is 0 Å². The van der Waals surface area contributed by atoms with Crippen LogP contribution in [0, 0.1) is 10.1 Å². The Hall–Kier alpha value is -2.17. The first-order valence-corrected chi connectivity index (χ1v) is 9.89. The quantitative estimate of drug-likeness (QED) is 0.302. The van der Waals surface area contributed by atoms with Crippen molar-refractivity contribution in [1.29, 1.82) is 0 Å². The smallest absolute Gasteiger partial charge is 0.269 e. The van der Waals surface area contributed by atoms with Gasteiger partial charge < -0.3 is 4.90 Å². The minimum absolute atomic E-state index is 0.0107. The third-order valence-corrected chi connectivity index (χ3v) is 5.75. The largest absolute Gasteiger partial charge is 0.371 e. The van der Waals surface area contributed by atoms with E-state index in [9.17, 15) is 14.9 Å². The third-order valence-electron chi connectivity index (χ3n) is 5.75. The summed E-state index contributed by atoms with van der Waals surface area (Å²) < 4.78 is 0. The van der Waals surface area contributed by atoms with E-state index in [1.165, 1.54) is 88.5 Å². The molecule has 5 nitrogen and oxygen atoms in total. The highest BCUT2D eigenvalue weighted by atomic mass is 16.6. The lowest BCUT2D eigenvalue weighted by molar-refractivity contribution is -0.384. The fraction of sp³-hybridized carbons (Fsp3) is 0.571. The molecular weight excluding hydrogens is 328 g/mol. The number of ketones is 1. The van der Waals surface area contributed by atoms with Crippen molar-refractivity contribution >= 4 is 11.5 Å². The number of carbonyl (C=O) groups is 1. The van der Waals surface area contributed by atoms with E-state index >= 15 is 0 Å². The van der Waals surface area contributed by atoms with Gasteiger partial charge in [0, 0.05) is 42.1 Å². The fourth-order valence-corrected chi connectivity index (χ4v) is 4.30. The van der Waals surface area contributed by atoms with E-state index in [0.717, 1.165) is 0 Å². The first-order valence-electron chi connectivity index (χ1n) is 9.89. The van der Waals surface area contributed by atoms with Crippen LogP contribution in [0.25, 0.3) is 0 Å². The SMILES string of the molecule is O=C(/C=C/N(C1CCCCC1)C1CCCCC1)c1ccc([N+](=O)[O-])cc1. The summed E-state index contributed by atoms with van der Waals surface area (Å²) in [6.45, 7) is 0. The average Bonchev–Trinajstić information content (AvgIpc) is 2.69. The molecule has 0 aliphatic heterocycles. The summed E-state index contributed by atoms with van der Waals surface area (Å²) in [7, 11) is 0. The molecule has 5 heteroatoms. The van der Waals surface area contributed by atoms with Crippen molar-refractivity contribution in [2.45, 2.75) is 76.3 Å². The average molecular weight is 356 g/mol. The second-order valence-corrected chi connectivity index (χ2v) is 7.51. The number of nitrogens with zero attached hydrogens (tertiary/aromatic N) is 2. The highest BCUT2D eigenvalue weighted by molar-refractivity contribution is 6.04. The summed E-state index contributed by atoms with van der Waals surface area (Å²) in [5, 5.41) is 10.7. The van der Waals surface area contributed by atoms with E-state index in [2.05, 4.69) is 4.90 Å². The fourth-order valence-electron chi connectivity index (χ4n) is 4.30. The monoisotopic (exact) mass is 356 g/mol. The maximum Gasteiger partial charge on any atom is 0.269 e. The number of hydrogen-bond donors (Lipinski definition) is 0. The molecule has 0 atom stereocenters. The lowest BCUT2D eigenvalue weighted by atomic mass is 9.89. The molecule has 0 amide bonds. The van der Waals surface area contributed by atoms with Gasteiger partial charge in [-0.05, 0) is 37.8 Å². The maximum absolute atomic E-state index is 12.5. The number of benzene rings is 1. The van der Waals surface area contributed by atoms with Crippen LogP contribution in [0.2, 0.25) is 0 Å². The summed E-state index contributed by atoms with van der Waals surface area (Å²) in [5.74, 6) is -0.0866. The molecule has 0 radical (unpaired) electrons. The van der Waals surface area contributed by atoms with Gasteiger partial charge in [-0.3, -0.25) is 14.9 Å². The Balaban J connectivity index is 1.71. The predicted molar refractivity (Wildman–Crippen MR) is 102 cm³/mol. The van der Waals surface area contributed by atoms with Gasteiger partial charge in [-0.25, -0.2) is 0 Å². The van der Waals surface area contributed by atoms with Gasteiger partial charge in [-0.1, -0.05) is 38.5 Å². The summed E-state index contributed by atoms with van der Waals surface area (Å²) in [4.78, 5) is 25.3. The van der Waals surface area contributed by atoms with Crippen molar-refractivity contribution in [2.75, 3.05) is 0 Å². The second kappa shape index (κ2) is 8.97. The zero-order valence-electron chi connectivity index (χ0n) is 15.3. The molecule has 0 N–H and O–H groups in total. The van der Waals surface area contributed by atoms with Crippen molar-refractivity contribution in [3.05, 3.63) is 52.2 Å². The predicted octanol–water partition coefficient (Wildman–Crippen LogP) is 5.26. The zero-order chi connectivity index (χ0) is 18.4. The Labute approximate surface area is 155 Å². The van der Waals surface area contributed by atoms with Gasteiger partial charge in [0.25, 0.3) is 5.69 Å². The molecule has 2 aliphatic rings. The van der Waals surface area contributed by atoms with Crippen LogP contribution in [0.4, 0.5) is 5.69 Å². The van der Waals surface area contributed by atoms with Gasteiger partial charge in [0.05, 0.1) is 4.92 Å². The molecule has 1 aromatic carbocycles. The molecule has 140 valence electrons. The van der Waals surface area contributed by atoms with Crippen LogP contribution in [0.1, 0.15) is 74.6 Å². The Morgan fingerprint density at radius 3 is 1.88 bits per heavy atom. The van der Waals surface area contributed by atoms with Crippen LogP contribution in [0.5, 0.6) is 0 Å². The van der Waals surface area contributed by atoms with E-state index in [1.807, 2.05) is 6.20 Å². The van der Waals surface area contributed by atoms with E-state index in [4.69, 9.17) is 0 Å². The second-order valence-electron chi connectivity index (χ2n) is 7.51. The number of hydrogen-bond acceptors (Lipinski definition) is 4. The highest BCUT2D eigenvalue weighted by Gasteiger charge is 2.26. The Kier molecular flexibility index (Phi) is 6.42. The van der Waals surface area contributed by atoms with Crippen LogP contribution < -0.4 is 0 Å². The summed E-state index contributed by atoms with van der Waals surface area (Å²) in [6.07, 6.45) is 16.3. The standard InChI is InChI=1S/C21H28N2O3/c24-21(17-11-13-20(14-12-17)23(25)26)15-16-22(18-7-3-1-4-8-18)19-9-5-2-6-10-19/h11-16,18-19H,1-10H2/b16-15+. The van der Waals surface area contributed by atoms with Gasteiger partial charge in [0.2, 0.25) is 0 Å². The van der Waals surface area contributed by atoms with E-state index in [0.29, 0.717) is 17.6 Å². The maximum atomic E-state index is 12.5. The van der Waals surface area contributed by atoms with E-state index in [1.54, 1.807) is 6.08 Å². The Morgan fingerprint density at radius 1 is 0.923 bits per heavy atom. The summed E-state index contributed by atoms with van der Waals surface area (Å²) in [6, 6.07) is 6.95. The first-order chi connectivity index (χ1) is 12.6. The lowest BCUT2D eigenvalue weighted by Crippen LogP contribution is -2.41. The van der Waals surface area contributed by atoms with Crippen molar-refractivity contribution in [2.24, 2.45) is 0 Å². The number of rotatable bonds is 6. The van der Waals surface area contributed by atoms with E-state index < -0.39 is 4.92 Å². The number of nitro benzene ring substituents is 1. The summed E-state index contributed by atoms with van der Waals surface area (Å²) >= 11 is 0. The summed E-state index contributed by atoms with van der Waals surface area (Å²) in [5.41, 5.74) is 0.510. The van der Waals surface area contributed by atoms with Crippen LogP contribution in [-0.2, 0) is 0 Å². The van der Waals surface area contributed by atoms with Crippen LogP contribution in [0.15, 0.2) is 36.5 Å². The van der Waals surface area contributed by atoms with Crippen molar-refractivity contribution < 1.29 is 9.72 Å². The molecule has 3 rings (SSSR count). The lowest BCUT2D eigenvalue weighted by Gasteiger charge is -2.41. The molecule has 26 heavy (non-hydrogen) atoms. The Bertz CT molecular complexity index is 624. The van der Waals surface area contributed by atoms with Crippen molar-refractivity contribution in [1.82, 2.24) is 4.90 Å². The van der Waals surface area contributed by atoms with Gasteiger partial charge in [0.1, 0.15) is 0 Å². The van der Waals surface area contributed by atoms with Crippen LogP contribution in [-0.4, -0.2) is 27.7 Å². The highest BCUT2D eigenvalue weighted by Crippen LogP contribution is 2.30.